The first-order valence-electron chi connectivity index (χ1n) is 6.22. The van der Waals surface area contributed by atoms with Crippen LogP contribution in [0.4, 0.5) is 26.3 Å². The van der Waals surface area contributed by atoms with Gasteiger partial charge in [-0.1, -0.05) is 24.3 Å². The first-order chi connectivity index (χ1) is 10.6. The Bertz CT molecular complexity index is 693. The second-order valence-corrected chi connectivity index (χ2v) is 4.85. The molecule has 2 aromatic carbocycles. The third kappa shape index (κ3) is 4.54. The molecular formula is C15H9ClF6O. The van der Waals surface area contributed by atoms with E-state index in [1.165, 1.54) is 24.3 Å². The van der Waals surface area contributed by atoms with Crippen molar-refractivity contribution in [2.24, 2.45) is 0 Å². The minimum Gasteiger partial charge on any atom is -0.406 e. The van der Waals surface area contributed by atoms with E-state index in [9.17, 15) is 26.3 Å². The van der Waals surface area contributed by atoms with E-state index in [2.05, 4.69) is 4.74 Å². The third-order valence-corrected chi connectivity index (χ3v) is 3.23. The van der Waals surface area contributed by atoms with Crippen LogP contribution in [-0.4, -0.2) is 6.36 Å². The van der Waals surface area contributed by atoms with Gasteiger partial charge in [-0.05, 0) is 34.9 Å². The summed E-state index contributed by atoms with van der Waals surface area (Å²) in [6, 6.07) is 7.80. The molecule has 124 valence electrons. The molecule has 0 spiro atoms. The molecule has 2 rings (SSSR count). The molecule has 0 fully saturated rings. The highest BCUT2D eigenvalue weighted by atomic mass is 35.5. The summed E-state index contributed by atoms with van der Waals surface area (Å²) >= 11 is 5.53. The lowest BCUT2D eigenvalue weighted by Gasteiger charge is -2.15. The summed E-state index contributed by atoms with van der Waals surface area (Å²) in [6.07, 6.45) is -9.59. The first-order valence-corrected chi connectivity index (χ1v) is 6.76. The van der Waals surface area contributed by atoms with Crippen LogP contribution in [0, 0.1) is 0 Å². The van der Waals surface area contributed by atoms with Crippen molar-refractivity contribution in [1.29, 1.82) is 0 Å². The summed E-state index contributed by atoms with van der Waals surface area (Å²) in [4.78, 5) is 0. The maximum atomic E-state index is 13.2. The van der Waals surface area contributed by atoms with Gasteiger partial charge in [0.2, 0.25) is 0 Å². The lowest BCUT2D eigenvalue weighted by atomic mass is 9.97. The van der Waals surface area contributed by atoms with Gasteiger partial charge in [-0.3, -0.25) is 0 Å². The SMILES string of the molecule is FC(F)(F)Oc1cccc(-c2ccc(CCl)cc2C(F)(F)F)c1. The van der Waals surface area contributed by atoms with E-state index in [0.29, 0.717) is 0 Å². The van der Waals surface area contributed by atoms with Crippen molar-refractivity contribution < 1.29 is 31.1 Å². The van der Waals surface area contributed by atoms with Crippen LogP contribution in [0.5, 0.6) is 5.75 Å². The molecule has 23 heavy (non-hydrogen) atoms. The van der Waals surface area contributed by atoms with E-state index in [1.807, 2.05) is 0 Å². The molecule has 0 unspecified atom stereocenters. The molecule has 2 aromatic rings. The Morgan fingerprint density at radius 2 is 1.61 bits per heavy atom. The maximum Gasteiger partial charge on any atom is 0.573 e. The van der Waals surface area contributed by atoms with Crippen LogP contribution in [0.3, 0.4) is 0 Å². The normalized spacial score (nSPS) is 12.3. The topological polar surface area (TPSA) is 9.23 Å². The first kappa shape index (κ1) is 17.5. The average molecular weight is 355 g/mol. The number of alkyl halides is 7. The van der Waals surface area contributed by atoms with Gasteiger partial charge in [0.25, 0.3) is 0 Å². The van der Waals surface area contributed by atoms with E-state index >= 15 is 0 Å². The largest absolute Gasteiger partial charge is 0.573 e. The Balaban J connectivity index is 2.52. The second-order valence-electron chi connectivity index (χ2n) is 4.59. The molecule has 0 radical (unpaired) electrons. The minimum absolute atomic E-state index is 0.0415. The van der Waals surface area contributed by atoms with Crippen LogP contribution in [0.2, 0.25) is 0 Å². The van der Waals surface area contributed by atoms with E-state index in [4.69, 9.17) is 11.6 Å². The van der Waals surface area contributed by atoms with E-state index in [0.717, 1.165) is 18.2 Å². The van der Waals surface area contributed by atoms with Crippen molar-refractivity contribution >= 4 is 11.6 Å². The number of benzene rings is 2. The van der Waals surface area contributed by atoms with Gasteiger partial charge in [-0.2, -0.15) is 13.2 Å². The van der Waals surface area contributed by atoms with Crippen LogP contribution < -0.4 is 4.74 Å². The van der Waals surface area contributed by atoms with Gasteiger partial charge in [0.15, 0.2) is 0 Å². The number of hydrogen-bond donors (Lipinski definition) is 0. The Labute approximate surface area is 132 Å². The molecule has 8 heteroatoms. The molecule has 0 aliphatic carbocycles. The van der Waals surface area contributed by atoms with Gasteiger partial charge < -0.3 is 4.74 Å². The van der Waals surface area contributed by atoms with Gasteiger partial charge in [-0.25, -0.2) is 0 Å². The van der Waals surface area contributed by atoms with Gasteiger partial charge in [-0.15, -0.1) is 24.8 Å². The summed E-state index contributed by atoms with van der Waals surface area (Å²) in [6.45, 7) is 0. The Kier molecular flexibility index (Phi) is 4.79. The predicted molar refractivity (Wildman–Crippen MR) is 73.1 cm³/mol. The van der Waals surface area contributed by atoms with Crippen LogP contribution >= 0.6 is 11.6 Å². The van der Waals surface area contributed by atoms with Gasteiger partial charge in [0.05, 0.1) is 5.56 Å². The average Bonchev–Trinajstić information content (AvgIpc) is 2.44. The van der Waals surface area contributed by atoms with Crippen LogP contribution in [-0.2, 0) is 12.1 Å². The molecule has 0 aliphatic rings. The molecule has 0 saturated heterocycles. The highest BCUT2D eigenvalue weighted by Gasteiger charge is 2.34. The summed E-state index contributed by atoms with van der Waals surface area (Å²) in [5.41, 5.74) is -1.01. The molecular weight excluding hydrogens is 346 g/mol. The van der Waals surface area contributed by atoms with E-state index in [1.54, 1.807) is 0 Å². The van der Waals surface area contributed by atoms with Crippen molar-refractivity contribution in [2.75, 3.05) is 0 Å². The summed E-state index contributed by atoms with van der Waals surface area (Å²) in [5, 5.41) is 0. The lowest BCUT2D eigenvalue weighted by Crippen LogP contribution is -2.17. The summed E-state index contributed by atoms with van der Waals surface area (Å²) < 4.78 is 79.9. The zero-order chi connectivity index (χ0) is 17.3. The molecule has 0 saturated carbocycles. The Morgan fingerprint density at radius 1 is 0.913 bits per heavy atom. The monoisotopic (exact) mass is 354 g/mol. The Morgan fingerprint density at radius 3 is 2.17 bits per heavy atom. The van der Waals surface area contributed by atoms with Crippen LogP contribution in [0.15, 0.2) is 42.5 Å². The summed E-state index contributed by atoms with van der Waals surface area (Å²) in [7, 11) is 0. The molecule has 0 aromatic heterocycles. The number of rotatable bonds is 3. The fourth-order valence-electron chi connectivity index (χ4n) is 2.02. The molecule has 0 aliphatic heterocycles. The van der Waals surface area contributed by atoms with Gasteiger partial charge in [0, 0.05) is 5.88 Å². The summed E-state index contributed by atoms with van der Waals surface area (Å²) in [5.74, 6) is -0.704. The number of hydrogen-bond acceptors (Lipinski definition) is 1. The zero-order valence-corrected chi connectivity index (χ0v) is 12.1. The molecule has 0 amide bonds. The third-order valence-electron chi connectivity index (χ3n) is 2.92. The van der Waals surface area contributed by atoms with Gasteiger partial charge in [0.1, 0.15) is 5.75 Å². The van der Waals surface area contributed by atoms with Crippen molar-refractivity contribution in [3.8, 4) is 16.9 Å². The molecule has 0 bridgehead atoms. The quantitative estimate of drug-likeness (QED) is 0.484. The highest BCUT2D eigenvalue weighted by Crippen LogP contribution is 2.39. The van der Waals surface area contributed by atoms with Crippen molar-refractivity contribution in [3.05, 3.63) is 53.6 Å². The molecule has 0 atom stereocenters. The van der Waals surface area contributed by atoms with Crippen molar-refractivity contribution in [2.45, 2.75) is 18.4 Å². The standard InChI is InChI=1S/C15H9ClF6O/c16-8-9-4-5-12(13(6-9)14(17,18)19)10-2-1-3-11(7-10)23-15(20,21)22/h1-7H,8H2. The zero-order valence-electron chi connectivity index (χ0n) is 11.3. The van der Waals surface area contributed by atoms with Gasteiger partial charge >= 0.3 is 12.5 Å². The van der Waals surface area contributed by atoms with Crippen LogP contribution in [0.1, 0.15) is 11.1 Å². The Hall–Kier alpha value is -1.89. The van der Waals surface area contributed by atoms with Crippen LogP contribution in [0.25, 0.3) is 11.1 Å². The smallest absolute Gasteiger partial charge is 0.406 e. The number of halogens is 7. The predicted octanol–water partition coefficient (Wildman–Crippen LogP) is 6.01. The second kappa shape index (κ2) is 6.31. The fraction of sp³-hybridized carbons (Fsp3) is 0.200. The molecule has 1 nitrogen and oxygen atoms in total. The lowest BCUT2D eigenvalue weighted by molar-refractivity contribution is -0.274. The highest BCUT2D eigenvalue weighted by molar-refractivity contribution is 6.17. The van der Waals surface area contributed by atoms with Crippen molar-refractivity contribution in [1.82, 2.24) is 0 Å². The molecule has 0 heterocycles. The van der Waals surface area contributed by atoms with E-state index in [-0.39, 0.29) is 22.6 Å². The van der Waals surface area contributed by atoms with Crippen molar-refractivity contribution in [3.63, 3.8) is 0 Å². The molecule has 0 N–H and O–H groups in total. The minimum atomic E-state index is -4.92. The number of ether oxygens (including phenoxy) is 1. The van der Waals surface area contributed by atoms with E-state index < -0.39 is 23.9 Å². The maximum absolute atomic E-state index is 13.2. The fourth-order valence-corrected chi connectivity index (χ4v) is 2.19.